The van der Waals surface area contributed by atoms with Crippen LogP contribution in [0.4, 0.5) is 5.69 Å². The Morgan fingerprint density at radius 1 is 1.30 bits per heavy atom. The lowest BCUT2D eigenvalue weighted by Gasteiger charge is -2.16. The lowest BCUT2D eigenvalue weighted by molar-refractivity contribution is -0.384. The fourth-order valence-electron chi connectivity index (χ4n) is 2.40. The minimum absolute atomic E-state index is 0.186. The Balaban J connectivity index is 2.24. The van der Waals surface area contributed by atoms with Gasteiger partial charge in [0.05, 0.1) is 23.7 Å². The first-order valence-electron chi connectivity index (χ1n) is 7.71. The number of benzene rings is 2. The molecule has 0 aliphatic carbocycles. The monoisotopic (exact) mass is 369 g/mol. The van der Waals surface area contributed by atoms with Crippen LogP contribution in [0, 0.1) is 21.4 Å². The Morgan fingerprint density at radius 2 is 1.96 bits per heavy atom. The topological polar surface area (TPSA) is 143 Å². The number of methoxy groups -OCH3 is 1. The number of nitro groups is 1. The molecule has 0 fully saturated rings. The average molecular weight is 369 g/mol. The van der Waals surface area contributed by atoms with Crippen molar-refractivity contribution in [3.05, 3.63) is 69.3 Å². The fourth-order valence-corrected chi connectivity index (χ4v) is 2.40. The second-order valence-electron chi connectivity index (χ2n) is 5.51. The molecule has 0 saturated carbocycles. The van der Waals surface area contributed by atoms with E-state index >= 15 is 0 Å². The molecule has 2 aromatic carbocycles. The molecule has 0 aliphatic rings. The van der Waals surface area contributed by atoms with Gasteiger partial charge in [-0.05, 0) is 30.3 Å². The van der Waals surface area contributed by atoms with Gasteiger partial charge in [0.2, 0.25) is 0 Å². The second-order valence-corrected chi connectivity index (χ2v) is 5.51. The summed E-state index contributed by atoms with van der Waals surface area (Å²) in [6, 6.07) is 10.1. The maximum Gasteiger partial charge on any atom is 0.326 e. The van der Waals surface area contributed by atoms with Gasteiger partial charge in [-0.15, -0.1) is 0 Å². The number of nitrogens with zero attached hydrogens (tertiary/aromatic N) is 2. The van der Waals surface area contributed by atoms with Gasteiger partial charge in [0.15, 0.2) is 0 Å². The van der Waals surface area contributed by atoms with E-state index in [2.05, 4.69) is 5.32 Å². The van der Waals surface area contributed by atoms with Crippen molar-refractivity contribution in [2.75, 3.05) is 7.11 Å². The number of ether oxygens (including phenoxy) is 1. The first kappa shape index (κ1) is 19.4. The third kappa shape index (κ3) is 4.79. The van der Waals surface area contributed by atoms with E-state index in [4.69, 9.17) is 10.00 Å². The summed E-state index contributed by atoms with van der Waals surface area (Å²) in [6.07, 6.45) is -0.206. The number of carbonyl (C=O) groups is 2. The molecule has 0 spiro atoms. The van der Waals surface area contributed by atoms with E-state index in [9.17, 15) is 24.8 Å². The van der Waals surface area contributed by atoms with Gasteiger partial charge in [-0.3, -0.25) is 14.9 Å². The molecule has 0 unspecified atom stereocenters. The Morgan fingerprint density at radius 3 is 2.48 bits per heavy atom. The molecule has 0 aromatic heterocycles. The van der Waals surface area contributed by atoms with Gasteiger partial charge in [0.25, 0.3) is 11.6 Å². The van der Waals surface area contributed by atoms with Crippen LogP contribution in [-0.4, -0.2) is 35.1 Å². The summed E-state index contributed by atoms with van der Waals surface area (Å²) in [6.45, 7) is 0. The van der Waals surface area contributed by atoms with Crippen LogP contribution in [0.3, 0.4) is 0 Å². The number of nitro benzene ring substituents is 1. The highest BCUT2D eigenvalue weighted by atomic mass is 16.6. The zero-order valence-corrected chi connectivity index (χ0v) is 14.2. The van der Waals surface area contributed by atoms with Crippen LogP contribution in [0.2, 0.25) is 0 Å². The molecular formula is C18H15N3O6. The van der Waals surface area contributed by atoms with E-state index in [0.29, 0.717) is 5.56 Å². The number of aliphatic carboxylic acids is 1. The third-order valence-electron chi connectivity index (χ3n) is 3.78. The van der Waals surface area contributed by atoms with Crippen molar-refractivity contribution < 1.29 is 24.4 Å². The van der Waals surface area contributed by atoms with Crippen LogP contribution >= 0.6 is 0 Å². The SMILES string of the molecule is COc1ccc([N+](=O)[O-])cc1C[C@@H](NC(=O)c1ccc(C#N)cc1)C(=O)O. The number of hydrogen-bond acceptors (Lipinski definition) is 6. The average Bonchev–Trinajstić information content (AvgIpc) is 2.67. The summed E-state index contributed by atoms with van der Waals surface area (Å²) >= 11 is 0. The molecule has 0 bridgehead atoms. The lowest BCUT2D eigenvalue weighted by atomic mass is 10.0. The van der Waals surface area contributed by atoms with E-state index < -0.39 is 22.8 Å². The van der Waals surface area contributed by atoms with Gasteiger partial charge < -0.3 is 15.2 Å². The molecule has 0 radical (unpaired) electrons. The maximum absolute atomic E-state index is 12.3. The van der Waals surface area contributed by atoms with E-state index in [-0.39, 0.29) is 29.0 Å². The minimum Gasteiger partial charge on any atom is -0.496 e. The molecule has 138 valence electrons. The number of carboxylic acid groups (broad SMARTS) is 1. The van der Waals surface area contributed by atoms with E-state index in [1.54, 1.807) is 0 Å². The van der Waals surface area contributed by atoms with Crippen molar-refractivity contribution in [3.63, 3.8) is 0 Å². The molecule has 2 N–H and O–H groups in total. The van der Waals surface area contributed by atoms with Crippen LogP contribution in [0.15, 0.2) is 42.5 Å². The zero-order valence-electron chi connectivity index (χ0n) is 14.2. The first-order chi connectivity index (χ1) is 12.8. The zero-order chi connectivity index (χ0) is 20.0. The number of amides is 1. The second kappa shape index (κ2) is 8.44. The molecular weight excluding hydrogens is 354 g/mol. The minimum atomic E-state index is -1.33. The van der Waals surface area contributed by atoms with Gasteiger partial charge in [0.1, 0.15) is 11.8 Å². The van der Waals surface area contributed by atoms with Crippen molar-refractivity contribution in [1.82, 2.24) is 5.32 Å². The number of nitriles is 1. The molecule has 9 nitrogen and oxygen atoms in total. The summed E-state index contributed by atoms with van der Waals surface area (Å²) in [5.74, 6) is -1.67. The third-order valence-corrected chi connectivity index (χ3v) is 3.78. The summed E-state index contributed by atoms with van der Waals surface area (Å²) < 4.78 is 5.12. The molecule has 1 amide bonds. The number of rotatable bonds is 7. The van der Waals surface area contributed by atoms with Crippen LogP contribution in [0.5, 0.6) is 5.75 Å². The van der Waals surface area contributed by atoms with E-state index in [0.717, 1.165) is 0 Å². The first-order valence-corrected chi connectivity index (χ1v) is 7.71. The molecule has 27 heavy (non-hydrogen) atoms. The molecule has 9 heteroatoms. The summed E-state index contributed by atoms with van der Waals surface area (Å²) in [5.41, 5.74) is 0.613. The standard InChI is InChI=1S/C18H15N3O6/c1-27-16-7-6-14(21(25)26)8-13(16)9-15(18(23)24)20-17(22)12-4-2-11(10-19)3-5-12/h2-8,15H,9H2,1H3,(H,20,22)(H,23,24)/t15-/m1/s1. The molecule has 2 rings (SSSR count). The Labute approximate surface area is 154 Å². The van der Waals surface area contributed by atoms with Crippen LogP contribution in [0.1, 0.15) is 21.5 Å². The normalized spacial score (nSPS) is 11.1. The van der Waals surface area contributed by atoms with Crippen molar-refractivity contribution >= 4 is 17.6 Å². The number of non-ortho nitro benzene ring substituents is 1. The highest BCUT2D eigenvalue weighted by Crippen LogP contribution is 2.25. The highest BCUT2D eigenvalue weighted by Gasteiger charge is 2.24. The van der Waals surface area contributed by atoms with Crippen molar-refractivity contribution in [1.29, 1.82) is 5.26 Å². The van der Waals surface area contributed by atoms with Crippen LogP contribution < -0.4 is 10.1 Å². The quantitative estimate of drug-likeness (QED) is 0.560. The molecule has 0 aliphatic heterocycles. The van der Waals surface area contributed by atoms with Crippen molar-refractivity contribution in [3.8, 4) is 11.8 Å². The Hall–Kier alpha value is -3.93. The molecule has 0 heterocycles. The Bertz CT molecular complexity index is 918. The van der Waals surface area contributed by atoms with Gasteiger partial charge in [0, 0.05) is 29.7 Å². The number of carbonyl (C=O) groups excluding carboxylic acids is 1. The summed E-state index contributed by atoms with van der Waals surface area (Å²) in [7, 11) is 1.36. The predicted octanol–water partition coefficient (Wildman–Crippen LogP) is 1.90. The molecule has 2 aromatic rings. The fraction of sp³-hybridized carbons (Fsp3) is 0.167. The van der Waals surface area contributed by atoms with Gasteiger partial charge in [-0.2, -0.15) is 5.26 Å². The summed E-state index contributed by atoms with van der Waals surface area (Å²) in [4.78, 5) is 34.2. The lowest BCUT2D eigenvalue weighted by Crippen LogP contribution is -2.42. The van der Waals surface area contributed by atoms with Crippen molar-refractivity contribution in [2.24, 2.45) is 0 Å². The largest absolute Gasteiger partial charge is 0.496 e. The Kier molecular flexibility index (Phi) is 6.06. The van der Waals surface area contributed by atoms with Crippen LogP contribution in [0.25, 0.3) is 0 Å². The summed E-state index contributed by atoms with van der Waals surface area (Å²) in [5, 5.41) is 31.5. The maximum atomic E-state index is 12.3. The smallest absolute Gasteiger partial charge is 0.326 e. The van der Waals surface area contributed by atoms with E-state index in [1.165, 1.54) is 49.6 Å². The van der Waals surface area contributed by atoms with Gasteiger partial charge >= 0.3 is 5.97 Å². The molecule has 1 atom stereocenters. The van der Waals surface area contributed by atoms with Crippen molar-refractivity contribution in [2.45, 2.75) is 12.5 Å². The van der Waals surface area contributed by atoms with E-state index in [1.807, 2.05) is 6.07 Å². The highest BCUT2D eigenvalue weighted by molar-refractivity contribution is 5.96. The molecule has 0 saturated heterocycles. The predicted molar refractivity (Wildman–Crippen MR) is 93.4 cm³/mol. The number of carboxylic acids is 1. The van der Waals surface area contributed by atoms with Gasteiger partial charge in [-0.25, -0.2) is 4.79 Å². The van der Waals surface area contributed by atoms with Crippen LogP contribution in [-0.2, 0) is 11.2 Å². The number of hydrogen-bond donors (Lipinski definition) is 2. The van der Waals surface area contributed by atoms with Gasteiger partial charge in [-0.1, -0.05) is 0 Å². The number of nitrogens with one attached hydrogen (secondary N) is 1.